The average molecular weight is 375 g/mol. The van der Waals surface area contributed by atoms with Gasteiger partial charge in [0.15, 0.2) is 0 Å². The van der Waals surface area contributed by atoms with Crippen LogP contribution in [0.1, 0.15) is 86.1 Å². The lowest BCUT2D eigenvalue weighted by molar-refractivity contribution is 0.772. The van der Waals surface area contributed by atoms with E-state index >= 15 is 0 Å². The largest absolute Gasteiger partial charge is 0.0950 e. The van der Waals surface area contributed by atoms with Crippen molar-refractivity contribution in [3.8, 4) is 0 Å². The second-order valence-electron chi connectivity index (χ2n) is 6.78. The van der Waals surface area contributed by atoms with Crippen LogP contribution in [0.2, 0.25) is 0 Å². The van der Waals surface area contributed by atoms with Crippen LogP contribution in [-0.2, 0) is 0 Å². The Bertz CT molecular complexity index is 527. The van der Waals surface area contributed by atoms with Crippen LogP contribution in [0.25, 0.3) is 0 Å². The molecule has 0 saturated heterocycles. The van der Waals surface area contributed by atoms with Gasteiger partial charge in [0.2, 0.25) is 0 Å². The molecule has 0 aliphatic rings. The van der Waals surface area contributed by atoms with Crippen molar-refractivity contribution in [2.75, 3.05) is 0 Å². The van der Waals surface area contributed by atoms with Gasteiger partial charge in [-0.1, -0.05) is 108 Å². The molecule has 0 atom stereocenters. The number of thioether (sulfide) groups is 1. The van der Waals surface area contributed by atoms with Crippen LogP contribution in [0.15, 0.2) is 63.9 Å². The Morgan fingerprint density at radius 2 is 1.42 bits per heavy atom. The highest BCUT2D eigenvalue weighted by atomic mass is 32.2. The van der Waals surface area contributed by atoms with Gasteiger partial charge >= 0.3 is 0 Å². The number of aryl methyl sites for hydroxylation is 1. The zero-order valence-corrected chi connectivity index (χ0v) is 19.4. The summed E-state index contributed by atoms with van der Waals surface area (Å²) in [5, 5.41) is 0. The highest BCUT2D eigenvalue weighted by Gasteiger charge is 2.03. The summed E-state index contributed by atoms with van der Waals surface area (Å²) in [6, 6.07) is 8.44. The predicted octanol–water partition coefficient (Wildman–Crippen LogP) is 9.52. The molecule has 1 aromatic rings. The Labute approximate surface area is 168 Å². The van der Waals surface area contributed by atoms with E-state index in [9.17, 15) is 0 Å². The predicted molar refractivity (Wildman–Crippen MR) is 125 cm³/mol. The van der Waals surface area contributed by atoms with E-state index in [4.69, 9.17) is 0 Å². The molecule has 0 aliphatic carbocycles. The van der Waals surface area contributed by atoms with Crippen LogP contribution in [0.5, 0.6) is 0 Å². The summed E-state index contributed by atoms with van der Waals surface area (Å²) in [7, 11) is 0. The first-order valence-electron chi connectivity index (χ1n) is 10.1. The molecular formula is C25H42S. The van der Waals surface area contributed by atoms with E-state index in [-0.39, 0.29) is 0 Å². The van der Waals surface area contributed by atoms with Crippen molar-refractivity contribution in [3.05, 3.63) is 64.6 Å². The number of hydrogen-bond acceptors (Lipinski definition) is 1. The molecule has 0 nitrogen and oxygen atoms in total. The number of benzene rings is 1. The zero-order valence-electron chi connectivity index (χ0n) is 18.6. The Kier molecular flexibility index (Phi) is 19.3. The summed E-state index contributed by atoms with van der Waals surface area (Å²) in [6.45, 7) is 21.2. The summed E-state index contributed by atoms with van der Waals surface area (Å²) in [5.74, 6) is 0. The van der Waals surface area contributed by atoms with Crippen molar-refractivity contribution in [2.24, 2.45) is 0 Å². The Hall–Kier alpha value is -1.21. The third-order valence-corrected chi connectivity index (χ3v) is 4.89. The van der Waals surface area contributed by atoms with Crippen molar-refractivity contribution in [2.45, 2.75) is 92.4 Å². The number of unbranched alkanes of at least 4 members (excludes halogenated alkanes) is 3. The second-order valence-corrected chi connectivity index (χ2v) is 7.86. The van der Waals surface area contributed by atoms with Crippen molar-refractivity contribution >= 4 is 11.8 Å². The smallest absolute Gasteiger partial charge is 0.0151 e. The number of allylic oxidation sites excluding steroid dienone is 4. The lowest BCUT2D eigenvalue weighted by Gasteiger charge is -2.08. The molecule has 0 unspecified atom stereocenters. The molecule has 0 radical (unpaired) electrons. The molecule has 0 amide bonds. The minimum atomic E-state index is 1.11. The maximum Gasteiger partial charge on any atom is 0.0151 e. The van der Waals surface area contributed by atoms with Gasteiger partial charge < -0.3 is 0 Å². The quantitative estimate of drug-likeness (QED) is 0.338. The van der Waals surface area contributed by atoms with Gasteiger partial charge in [-0.15, -0.1) is 0 Å². The lowest BCUT2D eigenvalue weighted by Crippen LogP contribution is -1.82. The van der Waals surface area contributed by atoms with Crippen molar-refractivity contribution in [3.63, 3.8) is 0 Å². The minimum Gasteiger partial charge on any atom is -0.0950 e. The normalized spacial score (nSPS) is 10.1. The summed E-state index contributed by atoms with van der Waals surface area (Å²) < 4.78 is 0. The fraction of sp³-hybridized carbons (Fsp3) is 0.520. The highest BCUT2D eigenvalue weighted by molar-refractivity contribution is 8.03. The summed E-state index contributed by atoms with van der Waals surface area (Å²) in [5.41, 5.74) is 3.71. The van der Waals surface area contributed by atoms with Crippen LogP contribution in [0.4, 0.5) is 0 Å². The van der Waals surface area contributed by atoms with E-state index in [1.54, 1.807) is 11.8 Å². The van der Waals surface area contributed by atoms with Crippen LogP contribution in [-0.4, -0.2) is 0 Å². The maximum absolute atomic E-state index is 4.04. The standard InChI is InChI=1S/C16H20S.C5H12.C4H10/c1-12(2)10-11-15(13(3)4)17-16-9-7-6-8-14(16)5;1-3-5-4-2;1-3-4-2/h6-11H,3H2,1-2,4-5H3;3-5H2,1-2H3;3-4H2,1-2H3/b15-11+;;. The fourth-order valence-electron chi connectivity index (χ4n) is 1.65. The van der Waals surface area contributed by atoms with Gasteiger partial charge in [0.1, 0.15) is 0 Å². The molecule has 1 aromatic carbocycles. The molecule has 0 N–H and O–H groups in total. The van der Waals surface area contributed by atoms with Crippen LogP contribution >= 0.6 is 11.8 Å². The van der Waals surface area contributed by atoms with E-state index in [2.05, 4.69) is 98.4 Å². The van der Waals surface area contributed by atoms with Crippen molar-refractivity contribution in [1.82, 2.24) is 0 Å². The van der Waals surface area contributed by atoms with Gasteiger partial charge in [0.25, 0.3) is 0 Å². The van der Waals surface area contributed by atoms with Gasteiger partial charge in [-0.3, -0.25) is 0 Å². The molecular weight excluding hydrogens is 332 g/mol. The molecule has 26 heavy (non-hydrogen) atoms. The first kappa shape index (κ1) is 27.0. The highest BCUT2D eigenvalue weighted by Crippen LogP contribution is 2.33. The van der Waals surface area contributed by atoms with E-state index in [1.807, 2.05) is 0 Å². The molecule has 1 rings (SSSR count). The third kappa shape index (κ3) is 16.3. The Morgan fingerprint density at radius 3 is 1.77 bits per heavy atom. The monoisotopic (exact) mass is 374 g/mol. The number of rotatable bonds is 7. The van der Waals surface area contributed by atoms with E-state index in [1.165, 1.54) is 53.0 Å². The molecule has 0 heterocycles. The summed E-state index contributed by atoms with van der Waals surface area (Å²) >= 11 is 1.78. The lowest BCUT2D eigenvalue weighted by atomic mass is 10.2. The van der Waals surface area contributed by atoms with Crippen LogP contribution in [0.3, 0.4) is 0 Å². The van der Waals surface area contributed by atoms with Gasteiger partial charge in [-0.05, 0) is 51.0 Å². The molecule has 0 aliphatic heterocycles. The average Bonchev–Trinajstić information content (AvgIpc) is 2.61. The van der Waals surface area contributed by atoms with Gasteiger partial charge in [0.05, 0.1) is 0 Å². The summed E-state index contributed by atoms with van der Waals surface area (Å²) in [6.07, 6.45) is 11.0. The fourth-order valence-corrected chi connectivity index (χ4v) is 2.57. The Morgan fingerprint density at radius 1 is 0.885 bits per heavy atom. The van der Waals surface area contributed by atoms with Crippen LogP contribution < -0.4 is 0 Å². The molecule has 1 heteroatoms. The van der Waals surface area contributed by atoms with E-state index in [0.29, 0.717) is 0 Å². The van der Waals surface area contributed by atoms with E-state index < -0.39 is 0 Å². The Balaban J connectivity index is 0. The molecule has 0 bridgehead atoms. The first-order chi connectivity index (χ1) is 12.3. The minimum absolute atomic E-state index is 1.11. The molecule has 0 saturated carbocycles. The van der Waals surface area contributed by atoms with Gasteiger partial charge in [-0.25, -0.2) is 0 Å². The number of hydrogen-bond donors (Lipinski definition) is 0. The SMILES string of the molecule is C=C(C)/C(=C\C=C(C)C)Sc1ccccc1C.CCCC.CCCCC. The van der Waals surface area contributed by atoms with Crippen LogP contribution in [0, 0.1) is 6.92 Å². The first-order valence-corrected chi connectivity index (χ1v) is 10.9. The zero-order chi connectivity index (χ0) is 20.4. The van der Waals surface area contributed by atoms with E-state index in [0.717, 1.165) is 5.57 Å². The maximum atomic E-state index is 4.04. The van der Waals surface area contributed by atoms with Gasteiger partial charge in [-0.2, -0.15) is 0 Å². The van der Waals surface area contributed by atoms with Crippen molar-refractivity contribution in [1.29, 1.82) is 0 Å². The van der Waals surface area contributed by atoms with Gasteiger partial charge in [0, 0.05) is 9.80 Å². The molecule has 0 fully saturated rings. The third-order valence-electron chi connectivity index (χ3n) is 3.51. The summed E-state index contributed by atoms with van der Waals surface area (Å²) in [4.78, 5) is 2.52. The second kappa shape index (κ2) is 18.6. The molecule has 0 aromatic heterocycles. The topological polar surface area (TPSA) is 0 Å². The molecule has 0 spiro atoms. The van der Waals surface area contributed by atoms with Crippen molar-refractivity contribution < 1.29 is 0 Å². The molecule has 148 valence electrons.